The number of nitrogens with one attached hydrogen (secondary N) is 1. The fourth-order valence-electron chi connectivity index (χ4n) is 6.22. The largest absolute Gasteiger partial charge is 0.490 e. The second kappa shape index (κ2) is 18.7. The monoisotopic (exact) mass is 633 g/mol. The Morgan fingerprint density at radius 3 is 1.85 bits per heavy atom. The quantitative estimate of drug-likeness (QED) is 0.127. The molecule has 248 valence electrons. The van der Waals surface area contributed by atoms with Crippen molar-refractivity contribution in [3.05, 3.63) is 60.7 Å². The third-order valence-corrected chi connectivity index (χ3v) is 7.55. The number of esters is 1. The molecular formula is C37H47NO8. The van der Waals surface area contributed by atoms with Crippen LogP contribution in [-0.4, -0.2) is 70.5 Å². The molecule has 1 amide bonds. The van der Waals surface area contributed by atoms with E-state index in [0.717, 1.165) is 19.3 Å². The predicted molar refractivity (Wildman–Crippen MR) is 175 cm³/mol. The smallest absolute Gasteiger partial charge is 0.407 e. The van der Waals surface area contributed by atoms with Gasteiger partial charge in [-0.15, -0.1) is 12.8 Å². The second-order valence-electron chi connectivity index (χ2n) is 12.8. The van der Waals surface area contributed by atoms with E-state index in [1.54, 1.807) is 0 Å². The first-order chi connectivity index (χ1) is 22.1. The summed E-state index contributed by atoms with van der Waals surface area (Å²) >= 11 is 0. The highest BCUT2D eigenvalue weighted by Crippen LogP contribution is 2.49. The Kier molecular flexibility index (Phi) is 14.8. The van der Waals surface area contributed by atoms with Crippen molar-refractivity contribution < 1.29 is 38.0 Å². The number of terminal acetylenes is 2. The van der Waals surface area contributed by atoms with Crippen LogP contribution in [0.5, 0.6) is 11.5 Å². The van der Waals surface area contributed by atoms with E-state index in [-0.39, 0.29) is 68.8 Å². The van der Waals surface area contributed by atoms with Crippen LogP contribution in [0.2, 0.25) is 0 Å². The molecule has 4 unspecified atom stereocenters. The molecule has 0 aliphatic heterocycles. The summed E-state index contributed by atoms with van der Waals surface area (Å²) in [5, 5.41) is 2.94. The molecule has 0 radical (unpaired) electrons. The maximum absolute atomic E-state index is 13.1. The van der Waals surface area contributed by atoms with Crippen LogP contribution < -0.4 is 14.8 Å². The Morgan fingerprint density at radius 1 is 0.804 bits per heavy atom. The highest BCUT2D eigenvalue weighted by atomic mass is 16.6. The molecule has 0 aromatic heterocycles. The van der Waals surface area contributed by atoms with Crippen LogP contribution in [0.25, 0.3) is 0 Å². The first-order valence-corrected chi connectivity index (χ1v) is 15.6. The molecule has 1 fully saturated rings. The van der Waals surface area contributed by atoms with Crippen molar-refractivity contribution in [3.8, 4) is 36.2 Å². The van der Waals surface area contributed by atoms with Crippen LogP contribution in [0, 0.1) is 41.4 Å². The van der Waals surface area contributed by atoms with Crippen molar-refractivity contribution in [1.82, 2.24) is 5.32 Å². The molecule has 0 bridgehead atoms. The number of hydrogen-bond acceptors (Lipinski definition) is 8. The van der Waals surface area contributed by atoms with Gasteiger partial charge in [-0.1, -0.05) is 69.0 Å². The van der Waals surface area contributed by atoms with E-state index in [9.17, 15) is 9.59 Å². The summed E-state index contributed by atoms with van der Waals surface area (Å²) in [5.41, 5.74) is -0.322. The number of benzene rings is 2. The number of amides is 1. The Hall–Kier alpha value is -4.18. The highest BCUT2D eigenvalue weighted by molar-refractivity contribution is 5.70. The van der Waals surface area contributed by atoms with Crippen molar-refractivity contribution in [2.45, 2.75) is 58.7 Å². The van der Waals surface area contributed by atoms with Gasteiger partial charge in [0, 0.05) is 13.0 Å². The van der Waals surface area contributed by atoms with E-state index in [4.69, 9.17) is 41.3 Å². The first kappa shape index (κ1) is 36.3. The Labute approximate surface area is 273 Å². The Bertz CT molecular complexity index is 1290. The summed E-state index contributed by atoms with van der Waals surface area (Å²) in [6.07, 6.45) is 11.5. The lowest BCUT2D eigenvalue weighted by Crippen LogP contribution is -2.45. The highest BCUT2D eigenvalue weighted by Gasteiger charge is 2.42. The van der Waals surface area contributed by atoms with Gasteiger partial charge in [0.05, 0.1) is 13.2 Å². The molecule has 1 aliphatic rings. The van der Waals surface area contributed by atoms with E-state index >= 15 is 0 Å². The van der Waals surface area contributed by atoms with E-state index in [0.29, 0.717) is 18.0 Å². The fraction of sp³-hybridized carbons (Fsp3) is 0.514. The molecule has 9 nitrogen and oxygen atoms in total. The SMILES string of the molecule is C#CCOCC(COc1ccccc1)OC(=O)CC1CC(C)(C)CC(C)(CNC(=O)OC(COCC#C)COc2ccccc2)C1. The zero-order chi connectivity index (χ0) is 33.3. The van der Waals surface area contributed by atoms with Gasteiger partial charge in [0.25, 0.3) is 0 Å². The number of para-hydroxylation sites is 2. The molecule has 1 saturated carbocycles. The van der Waals surface area contributed by atoms with Crippen molar-refractivity contribution in [3.63, 3.8) is 0 Å². The molecule has 9 heteroatoms. The normalized spacial score (nSPS) is 19.8. The Balaban J connectivity index is 1.54. The summed E-state index contributed by atoms with van der Waals surface area (Å²) in [6, 6.07) is 18.6. The van der Waals surface area contributed by atoms with Gasteiger partial charge in [-0.05, 0) is 60.3 Å². The van der Waals surface area contributed by atoms with Crippen LogP contribution in [0.15, 0.2) is 60.7 Å². The molecule has 1 N–H and O–H groups in total. The van der Waals surface area contributed by atoms with Crippen LogP contribution in [0.1, 0.15) is 46.5 Å². The molecule has 2 aromatic rings. The lowest BCUT2D eigenvalue weighted by atomic mass is 9.60. The minimum absolute atomic E-state index is 0.0512. The number of ether oxygens (including phenoxy) is 6. The molecule has 2 aromatic carbocycles. The first-order valence-electron chi connectivity index (χ1n) is 15.6. The van der Waals surface area contributed by atoms with E-state index in [1.807, 2.05) is 60.7 Å². The van der Waals surface area contributed by atoms with Gasteiger partial charge in [0.15, 0.2) is 12.2 Å². The minimum Gasteiger partial charge on any atom is -0.490 e. The third-order valence-electron chi connectivity index (χ3n) is 7.55. The number of carbonyl (C=O) groups is 2. The molecule has 0 spiro atoms. The zero-order valence-corrected chi connectivity index (χ0v) is 27.2. The third kappa shape index (κ3) is 13.9. The van der Waals surface area contributed by atoms with Gasteiger partial charge in [0.2, 0.25) is 0 Å². The molecule has 0 saturated heterocycles. The van der Waals surface area contributed by atoms with Crippen molar-refractivity contribution in [1.29, 1.82) is 0 Å². The number of rotatable bonds is 18. The van der Waals surface area contributed by atoms with Crippen molar-refractivity contribution >= 4 is 12.1 Å². The van der Waals surface area contributed by atoms with Gasteiger partial charge in [-0.2, -0.15) is 0 Å². The van der Waals surface area contributed by atoms with E-state index in [2.05, 4.69) is 37.9 Å². The van der Waals surface area contributed by atoms with Gasteiger partial charge in [0.1, 0.15) is 37.9 Å². The minimum atomic E-state index is -0.657. The lowest BCUT2D eigenvalue weighted by molar-refractivity contribution is -0.156. The van der Waals surface area contributed by atoms with Crippen LogP contribution in [-0.2, 0) is 23.7 Å². The zero-order valence-electron chi connectivity index (χ0n) is 27.2. The molecule has 4 atom stereocenters. The number of alkyl carbamates (subject to hydrolysis) is 1. The molecule has 46 heavy (non-hydrogen) atoms. The molecule has 1 aliphatic carbocycles. The maximum atomic E-state index is 13.1. The summed E-state index contributed by atoms with van der Waals surface area (Å²) < 4.78 is 34.0. The van der Waals surface area contributed by atoms with Gasteiger partial charge in [-0.25, -0.2) is 4.79 Å². The van der Waals surface area contributed by atoms with Crippen LogP contribution >= 0.6 is 0 Å². The predicted octanol–water partition coefficient (Wildman–Crippen LogP) is 5.67. The summed E-state index contributed by atoms with van der Waals surface area (Å²) in [4.78, 5) is 26.0. The Morgan fingerprint density at radius 2 is 1.33 bits per heavy atom. The standard InChI is InChI=1S/C37H47NO8/c1-6-18-41-23-32(25-43-30-14-10-8-11-15-30)45-34(39)20-29-21-36(3,4)27-37(5,22-29)28-38-35(40)46-33(24-42-19-7-2)26-44-31-16-12-9-13-17-31/h1-2,8-17,29,32-33H,18-28H2,3-5H3,(H,38,40). The number of hydrogen-bond donors (Lipinski definition) is 1. The average molecular weight is 634 g/mol. The summed E-state index contributed by atoms with van der Waals surface area (Å²) in [5.74, 6) is 5.91. The maximum Gasteiger partial charge on any atom is 0.407 e. The molecule has 0 heterocycles. The molecule has 3 rings (SSSR count). The average Bonchev–Trinajstić information content (AvgIpc) is 3.01. The van der Waals surface area contributed by atoms with Gasteiger partial charge < -0.3 is 33.7 Å². The topological polar surface area (TPSA) is 102 Å². The summed E-state index contributed by atoms with van der Waals surface area (Å²) in [7, 11) is 0. The van der Waals surface area contributed by atoms with Crippen LogP contribution in [0.3, 0.4) is 0 Å². The van der Waals surface area contributed by atoms with Crippen LogP contribution in [0.4, 0.5) is 4.79 Å². The van der Waals surface area contributed by atoms with Crippen molar-refractivity contribution in [2.24, 2.45) is 16.7 Å². The van der Waals surface area contributed by atoms with E-state index < -0.39 is 18.3 Å². The summed E-state index contributed by atoms with van der Waals surface area (Å²) in [6.45, 7) is 7.58. The number of carbonyl (C=O) groups excluding carboxylic acids is 2. The lowest BCUT2D eigenvalue weighted by Gasteiger charge is -2.46. The van der Waals surface area contributed by atoms with Gasteiger partial charge >= 0.3 is 12.1 Å². The van der Waals surface area contributed by atoms with E-state index in [1.165, 1.54) is 0 Å². The van der Waals surface area contributed by atoms with Crippen molar-refractivity contribution in [2.75, 3.05) is 46.2 Å². The van der Waals surface area contributed by atoms with Gasteiger partial charge in [-0.3, -0.25) is 4.79 Å². The molecular weight excluding hydrogens is 586 g/mol. The second-order valence-corrected chi connectivity index (χ2v) is 12.8. The fourth-order valence-corrected chi connectivity index (χ4v) is 6.22.